The van der Waals surface area contributed by atoms with Gasteiger partial charge in [0.05, 0.1) is 19.0 Å². The summed E-state index contributed by atoms with van der Waals surface area (Å²) in [6.45, 7) is 5.77. The molecule has 0 radical (unpaired) electrons. The van der Waals surface area contributed by atoms with Crippen LogP contribution in [0.25, 0.3) is 0 Å². The standard InChI is InChI=1S/C17H22N4O3/c1-3-20(4-2)16(22)7-10-21(13-14-6-5-11-24-14)17(23)15-12-18-8-9-19-15/h5-6,8-9,11-12H,3-4,7,10,13H2,1-2H3. The van der Waals surface area contributed by atoms with E-state index >= 15 is 0 Å². The van der Waals surface area contributed by atoms with Crippen LogP contribution in [0.2, 0.25) is 0 Å². The maximum Gasteiger partial charge on any atom is 0.274 e. The van der Waals surface area contributed by atoms with Gasteiger partial charge in [0.15, 0.2) is 0 Å². The van der Waals surface area contributed by atoms with Crippen molar-refractivity contribution < 1.29 is 14.0 Å². The van der Waals surface area contributed by atoms with E-state index in [-0.39, 0.29) is 30.5 Å². The zero-order chi connectivity index (χ0) is 17.4. The van der Waals surface area contributed by atoms with Crippen LogP contribution in [0.5, 0.6) is 0 Å². The van der Waals surface area contributed by atoms with Gasteiger partial charge in [-0.2, -0.15) is 0 Å². The van der Waals surface area contributed by atoms with Crippen molar-refractivity contribution >= 4 is 11.8 Å². The number of hydrogen-bond acceptors (Lipinski definition) is 5. The summed E-state index contributed by atoms with van der Waals surface area (Å²) in [7, 11) is 0. The third-order valence-corrected chi connectivity index (χ3v) is 3.71. The Morgan fingerprint density at radius 1 is 1.17 bits per heavy atom. The van der Waals surface area contributed by atoms with E-state index in [0.29, 0.717) is 25.4 Å². The average Bonchev–Trinajstić information content (AvgIpc) is 3.13. The highest BCUT2D eigenvalue weighted by Crippen LogP contribution is 2.10. The molecule has 0 unspecified atom stereocenters. The molecule has 24 heavy (non-hydrogen) atoms. The summed E-state index contributed by atoms with van der Waals surface area (Å²) in [4.78, 5) is 36.1. The van der Waals surface area contributed by atoms with Crippen LogP contribution >= 0.6 is 0 Å². The van der Waals surface area contributed by atoms with E-state index in [2.05, 4.69) is 9.97 Å². The van der Waals surface area contributed by atoms with Gasteiger partial charge >= 0.3 is 0 Å². The van der Waals surface area contributed by atoms with Crippen molar-refractivity contribution in [3.8, 4) is 0 Å². The maximum atomic E-state index is 12.6. The van der Waals surface area contributed by atoms with Crippen LogP contribution < -0.4 is 0 Å². The maximum absolute atomic E-state index is 12.6. The van der Waals surface area contributed by atoms with Crippen molar-refractivity contribution in [1.29, 1.82) is 0 Å². The number of carbonyl (C=O) groups excluding carboxylic acids is 2. The molecule has 0 N–H and O–H groups in total. The average molecular weight is 330 g/mol. The van der Waals surface area contributed by atoms with Gasteiger partial charge in [0.1, 0.15) is 11.5 Å². The first-order valence-electron chi connectivity index (χ1n) is 8.01. The molecule has 2 heterocycles. The fourth-order valence-electron chi connectivity index (χ4n) is 2.38. The van der Waals surface area contributed by atoms with Gasteiger partial charge in [-0.1, -0.05) is 0 Å². The van der Waals surface area contributed by atoms with Crippen LogP contribution in [0.3, 0.4) is 0 Å². The first-order valence-corrected chi connectivity index (χ1v) is 8.01. The molecule has 2 aromatic rings. The highest BCUT2D eigenvalue weighted by atomic mass is 16.3. The van der Waals surface area contributed by atoms with Gasteiger partial charge < -0.3 is 14.2 Å². The zero-order valence-electron chi connectivity index (χ0n) is 14.0. The van der Waals surface area contributed by atoms with E-state index in [9.17, 15) is 9.59 Å². The summed E-state index contributed by atoms with van der Waals surface area (Å²) in [5.41, 5.74) is 0.249. The molecule has 0 aliphatic heterocycles. The first kappa shape index (κ1) is 17.7. The highest BCUT2D eigenvalue weighted by Gasteiger charge is 2.20. The molecule has 0 aromatic carbocycles. The smallest absolute Gasteiger partial charge is 0.274 e. The number of aromatic nitrogens is 2. The lowest BCUT2D eigenvalue weighted by molar-refractivity contribution is -0.131. The second-order valence-corrected chi connectivity index (χ2v) is 5.21. The van der Waals surface area contributed by atoms with Gasteiger partial charge in [0, 0.05) is 38.4 Å². The minimum Gasteiger partial charge on any atom is -0.467 e. The van der Waals surface area contributed by atoms with Crippen molar-refractivity contribution in [2.75, 3.05) is 19.6 Å². The van der Waals surface area contributed by atoms with Crippen molar-refractivity contribution in [2.24, 2.45) is 0 Å². The Balaban J connectivity index is 2.08. The van der Waals surface area contributed by atoms with Gasteiger partial charge in [-0.3, -0.25) is 14.6 Å². The lowest BCUT2D eigenvalue weighted by Gasteiger charge is -2.23. The normalized spacial score (nSPS) is 10.4. The molecule has 7 nitrogen and oxygen atoms in total. The second-order valence-electron chi connectivity index (χ2n) is 5.21. The Hall–Kier alpha value is -2.70. The molecule has 0 saturated heterocycles. The van der Waals surface area contributed by atoms with E-state index in [1.165, 1.54) is 18.6 Å². The molecule has 128 valence electrons. The Morgan fingerprint density at radius 3 is 2.54 bits per heavy atom. The van der Waals surface area contributed by atoms with E-state index < -0.39 is 0 Å². The van der Waals surface area contributed by atoms with E-state index in [4.69, 9.17) is 4.42 Å². The molecule has 0 saturated carbocycles. The molecule has 2 rings (SSSR count). The summed E-state index contributed by atoms with van der Waals surface area (Å²) < 4.78 is 5.32. The Bertz CT molecular complexity index is 639. The number of rotatable bonds is 8. The molecule has 7 heteroatoms. The summed E-state index contributed by atoms with van der Waals surface area (Å²) in [5.74, 6) is 0.408. The van der Waals surface area contributed by atoms with Crippen LogP contribution in [0.15, 0.2) is 41.4 Å². The van der Waals surface area contributed by atoms with Gasteiger partial charge in [-0.05, 0) is 26.0 Å². The van der Waals surface area contributed by atoms with Crippen LogP contribution in [0.4, 0.5) is 0 Å². The fraction of sp³-hybridized carbons (Fsp3) is 0.412. The molecule has 0 fully saturated rings. The quantitative estimate of drug-likeness (QED) is 0.739. The minimum absolute atomic E-state index is 0.0244. The Kier molecular flexibility index (Phi) is 6.48. The third kappa shape index (κ3) is 4.65. The Labute approximate surface area is 141 Å². The third-order valence-electron chi connectivity index (χ3n) is 3.71. The molecule has 0 spiro atoms. The molecule has 0 bridgehead atoms. The van der Waals surface area contributed by atoms with E-state index in [1.54, 1.807) is 28.2 Å². The highest BCUT2D eigenvalue weighted by molar-refractivity contribution is 5.92. The summed E-state index contributed by atoms with van der Waals surface area (Å²) >= 11 is 0. The molecule has 0 aliphatic carbocycles. The van der Waals surface area contributed by atoms with E-state index in [1.807, 2.05) is 13.8 Å². The summed E-state index contributed by atoms with van der Waals surface area (Å²) in [6, 6.07) is 3.56. The Morgan fingerprint density at radius 2 is 1.96 bits per heavy atom. The predicted octanol–water partition coefficient (Wildman–Crippen LogP) is 1.97. The van der Waals surface area contributed by atoms with E-state index in [0.717, 1.165) is 0 Å². The van der Waals surface area contributed by atoms with Crippen LogP contribution in [-0.2, 0) is 11.3 Å². The number of amides is 2. The van der Waals surface area contributed by atoms with Gasteiger partial charge in [0.25, 0.3) is 5.91 Å². The first-order chi connectivity index (χ1) is 11.7. The van der Waals surface area contributed by atoms with Crippen molar-refractivity contribution in [2.45, 2.75) is 26.8 Å². The van der Waals surface area contributed by atoms with Crippen molar-refractivity contribution in [3.63, 3.8) is 0 Å². The number of hydrogen-bond donors (Lipinski definition) is 0. The van der Waals surface area contributed by atoms with Gasteiger partial charge in [-0.25, -0.2) is 4.98 Å². The lowest BCUT2D eigenvalue weighted by Crippen LogP contribution is -2.37. The van der Waals surface area contributed by atoms with Crippen molar-refractivity contribution in [3.05, 3.63) is 48.4 Å². The molecular weight excluding hydrogens is 308 g/mol. The van der Waals surface area contributed by atoms with Crippen LogP contribution in [0, 0.1) is 0 Å². The molecule has 0 atom stereocenters. The van der Waals surface area contributed by atoms with Crippen LogP contribution in [-0.4, -0.2) is 51.2 Å². The second kappa shape index (κ2) is 8.81. The molecular formula is C17H22N4O3. The molecule has 2 amide bonds. The topological polar surface area (TPSA) is 79.5 Å². The monoisotopic (exact) mass is 330 g/mol. The number of furan rings is 1. The fourth-order valence-corrected chi connectivity index (χ4v) is 2.38. The van der Waals surface area contributed by atoms with Gasteiger partial charge in [-0.15, -0.1) is 0 Å². The SMILES string of the molecule is CCN(CC)C(=O)CCN(Cc1ccco1)C(=O)c1cnccn1. The summed E-state index contributed by atoms with van der Waals surface area (Å²) in [6.07, 6.45) is 6.22. The largest absolute Gasteiger partial charge is 0.467 e. The number of nitrogens with zero attached hydrogens (tertiary/aromatic N) is 4. The van der Waals surface area contributed by atoms with Crippen LogP contribution in [0.1, 0.15) is 36.5 Å². The van der Waals surface area contributed by atoms with Crippen molar-refractivity contribution in [1.82, 2.24) is 19.8 Å². The minimum atomic E-state index is -0.271. The predicted molar refractivity (Wildman–Crippen MR) is 88.0 cm³/mol. The summed E-state index contributed by atoms with van der Waals surface area (Å²) in [5, 5.41) is 0. The molecule has 2 aromatic heterocycles. The zero-order valence-corrected chi connectivity index (χ0v) is 14.0. The molecule has 0 aliphatic rings. The lowest BCUT2D eigenvalue weighted by atomic mass is 10.2. The van der Waals surface area contributed by atoms with Gasteiger partial charge in [0.2, 0.25) is 5.91 Å². The number of carbonyl (C=O) groups is 2.